The number of carboxylic acids is 3. The third-order valence-corrected chi connectivity index (χ3v) is 2.59. The monoisotopic (exact) mass is 317 g/mol. The van der Waals surface area contributed by atoms with E-state index in [0.29, 0.717) is 6.42 Å². The average molecular weight is 318 g/mol. The molecule has 1 aliphatic carbocycles. The van der Waals surface area contributed by atoms with Crippen molar-refractivity contribution in [1.82, 2.24) is 0 Å². The fraction of sp³-hybridized carbons (Fsp3) is 0.700. The minimum Gasteiger partial charge on any atom is -0.480 e. The minimum atomic E-state index is -1.44. The summed E-state index contributed by atoms with van der Waals surface area (Å²) >= 11 is 9.56. The molecule has 0 bridgehead atoms. The van der Waals surface area contributed by atoms with Crippen LogP contribution in [0.5, 0.6) is 0 Å². The Morgan fingerprint density at radius 3 is 1.42 bits per heavy atom. The maximum atomic E-state index is 10.4. The summed E-state index contributed by atoms with van der Waals surface area (Å²) in [7, 11) is 0. The molecule has 0 aromatic rings. The molecule has 0 radical (unpaired) electrons. The van der Waals surface area contributed by atoms with Crippen LogP contribution in [0.25, 0.3) is 0 Å². The van der Waals surface area contributed by atoms with Gasteiger partial charge in [-0.2, -0.15) is 0 Å². The van der Waals surface area contributed by atoms with Crippen molar-refractivity contribution in [2.45, 2.75) is 31.0 Å². The summed E-state index contributed by atoms with van der Waals surface area (Å²) in [6, 6.07) is 0. The molecule has 1 saturated carbocycles. The fourth-order valence-corrected chi connectivity index (χ4v) is 1.05. The van der Waals surface area contributed by atoms with E-state index in [2.05, 4.69) is 0 Å². The Morgan fingerprint density at radius 2 is 1.42 bits per heavy atom. The first-order chi connectivity index (χ1) is 8.65. The van der Waals surface area contributed by atoms with Crippen molar-refractivity contribution in [1.29, 1.82) is 0 Å². The molecule has 0 aliphatic heterocycles. The van der Waals surface area contributed by atoms with Crippen molar-refractivity contribution < 1.29 is 29.7 Å². The van der Waals surface area contributed by atoms with Crippen LogP contribution >= 0.6 is 23.2 Å². The lowest BCUT2D eigenvalue weighted by Crippen LogP contribution is -2.44. The van der Waals surface area contributed by atoms with Crippen molar-refractivity contribution >= 4 is 41.1 Å². The van der Waals surface area contributed by atoms with E-state index < -0.39 is 28.2 Å². The molecule has 7 nitrogen and oxygen atoms in total. The third-order valence-electron chi connectivity index (χ3n) is 2.21. The van der Waals surface area contributed by atoms with E-state index in [1.807, 2.05) is 6.92 Å². The van der Waals surface area contributed by atoms with E-state index in [0.717, 1.165) is 6.54 Å². The molecule has 0 heterocycles. The number of nitrogens with two attached hydrogens (primary N) is 1. The Morgan fingerprint density at radius 1 is 1.16 bits per heavy atom. The van der Waals surface area contributed by atoms with Crippen LogP contribution in [0.3, 0.4) is 0 Å². The molecule has 0 amide bonds. The van der Waals surface area contributed by atoms with Crippen LogP contribution in [0.2, 0.25) is 0 Å². The number of halogens is 2. The van der Waals surface area contributed by atoms with Crippen LogP contribution in [0.1, 0.15) is 26.2 Å². The standard InChI is InChI=1S/C6H8O4.C2H2Cl2O2.C2H7N/c7-4(8)6(5(9)10)2-1-3-6;3-1(4)2(5)6;1-2-3/h1-3H2,(H,7,8)(H,9,10);1H,(H,5,6);2-3H2,1H3. The molecule has 0 atom stereocenters. The Hall–Kier alpha value is -1.05. The number of aliphatic carboxylic acids is 3. The SMILES string of the molecule is CCN.O=C(O)C(Cl)Cl.O=C(O)C1(C(=O)O)CCC1. The minimum absolute atomic E-state index is 0.275. The van der Waals surface area contributed by atoms with E-state index in [4.69, 9.17) is 44.3 Å². The second-order valence-corrected chi connectivity index (χ2v) is 4.69. The van der Waals surface area contributed by atoms with Gasteiger partial charge in [0.25, 0.3) is 0 Å². The summed E-state index contributed by atoms with van der Waals surface area (Å²) in [6.45, 7) is 2.65. The molecule has 1 rings (SSSR count). The van der Waals surface area contributed by atoms with Gasteiger partial charge < -0.3 is 21.1 Å². The first-order valence-electron chi connectivity index (χ1n) is 5.33. The third kappa shape index (κ3) is 7.19. The number of hydrogen-bond donors (Lipinski definition) is 4. The summed E-state index contributed by atoms with van der Waals surface area (Å²) in [5, 5.41) is 24.7. The Bertz CT molecular complexity index is 301. The highest BCUT2D eigenvalue weighted by Gasteiger charge is 2.51. The lowest BCUT2D eigenvalue weighted by molar-refractivity contribution is -0.171. The van der Waals surface area contributed by atoms with E-state index in [1.54, 1.807) is 0 Å². The molecular weight excluding hydrogens is 301 g/mol. The van der Waals surface area contributed by atoms with Gasteiger partial charge in [0.05, 0.1) is 0 Å². The number of rotatable bonds is 3. The smallest absolute Gasteiger partial charge is 0.337 e. The second kappa shape index (κ2) is 9.82. The molecule has 112 valence electrons. The van der Waals surface area contributed by atoms with Gasteiger partial charge in [-0.25, -0.2) is 4.79 Å². The first kappa shape index (κ1) is 20.3. The molecule has 0 aromatic heterocycles. The second-order valence-electron chi connectivity index (χ2n) is 3.59. The first-order valence-corrected chi connectivity index (χ1v) is 6.20. The zero-order valence-electron chi connectivity index (χ0n) is 10.3. The van der Waals surface area contributed by atoms with E-state index in [-0.39, 0.29) is 12.8 Å². The molecule has 5 N–H and O–H groups in total. The molecule has 0 saturated heterocycles. The van der Waals surface area contributed by atoms with Crippen LogP contribution in [-0.2, 0) is 14.4 Å². The van der Waals surface area contributed by atoms with Crippen LogP contribution < -0.4 is 5.73 Å². The Labute approximate surface area is 120 Å². The van der Waals surface area contributed by atoms with Crippen molar-refractivity contribution in [2.75, 3.05) is 6.54 Å². The number of carboxylic acid groups (broad SMARTS) is 3. The number of carbonyl (C=O) groups is 3. The van der Waals surface area contributed by atoms with Crippen molar-refractivity contribution in [3.05, 3.63) is 0 Å². The van der Waals surface area contributed by atoms with Gasteiger partial charge in [-0.05, 0) is 25.8 Å². The Balaban J connectivity index is 0. The maximum Gasteiger partial charge on any atom is 0.337 e. The highest BCUT2D eigenvalue weighted by Crippen LogP contribution is 2.41. The lowest BCUT2D eigenvalue weighted by Gasteiger charge is -2.32. The van der Waals surface area contributed by atoms with Crippen molar-refractivity contribution in [3.63, 3.8) is 0 Å². The quantitative estimate of drug-likeness (QED) is 0.452. The van der Waals surface area contributed by atoms with Gasteiger partial charge in [-0.1, -0.05) is 30.1 Å². The molecule has 0 spiro atoms. The van der Waals surface area contributed by atoms with Crippen LogP contribution in [0, 0.1) is 5.41 Å². The van der Waals surface area contributed by atoms with Gasteiger partial charge in [-0.15, -0.1) is 0 Å². The van der Waals surface area contributed by atoms with Crippen LogP contribution in [0.4, 0.5) is 0 Å². The Kier molecular flexibility index (Phi) is 10.5. The summed E-state index contributed by atoms with van der Waals surface area (Å²) in [5.74, 6) is -3.61. The van der Waals surface area contributed by atoms with Gasteiger partial charge in [0, 0.05) is 0 Å². The summed E-state index contributed by atoms with van der Waals surface area (Å²) in [5.41, 5.74) is 3.40. The lowest BCUT2D eigenvalue weighted by atomic mass is 9.69. The summed E-state index contributed by atoms with van der Waals surface area (Å²) in [6.07, 6.45) is 1.26. The highest BCUT2D eigenvalue weighted by molar-refractivity contribution is 6.52. The van der Waals surface area contributed by atoms with Gasteiger partial charge in [0.15, 0.2) is 5.41 Å². The summed E-state index contributed by atoms with van der Waals surface area (Å²) in [4.78, 5) is 28.9. The zero-order chi connectivity index (χ0) is 15.6. The molecule has 1 fully saturated rings. The molecule has 0 aromatic carbocycles. The average Bonchev–Trinajstić information content (AvgIpc) is 2.15. The van der Waals surface area contributed by atoms with E-state index in [1.165, 1.54) is 0 Å². The molecular formula is C10H17Cl2NO6. The van der Waals surface area contributed by atoms with E-state index in [9.17, 15) is 14.4 Å². The number of alkyl halides is 2. The van der Waals surface area contributed by atoms with Crippen LogP contribution in [-0.4, -0.2) is 44.6 Å². The zero-order valence-corrected chi connectivity index (χ0v) is 11.8. The van der Waals surface area contributed by atoms with Gasteiger partial charge >= 0.3 is 17.9 Å². The molecule has 19 heavy (non-hydrogen) atoms. The van der Waals surface area contributed by atoms with Crippen molar-refractivity contribution in [2.24, 2.45) is 11.1 Å². The topological polar surface area (TPSA) is 138 Å². The van der Waals surface area contributed by atoms with Crippen LogP contribution in [0.15, 0.2) is 0 Å². The number of hydrogen-bond acceptors (Lipinski definition) is 4. The molecule has 1 aliphatic rings. The van der Waals surface area contributed by atoms with Crippen molar-refractivity contribution in [3.8, 4) is 0 Å². The summed E-state index contributed by atoms with van der Waals surface area (Å²) < 4.78 is 0. The predicted octanol–water partition coefficient (Wildman–Crippen LogP) is 1.17. The molecule has 0 unspecified atom stereocenters. The van der Waals surface area contributed by atoms with E-state index >= 15 is 0 Å². The maximum absolute atomic E-state index is 10.4. The van der Waals surface area contributed by atoms with Gasteiger partial charge in [0.2, 0.25) is 4.84 Å². The largest absolute Gasteiger partial charge is 0.480 e. The van der Waals surface area contributed by atoms with Gasteiger partial charge in [0.1, 0.15) is 0 Å². The van der Waals surface area contributed by atoms with Gasteiger partial charge in [-0.3, -0.25) is 9.59 Å². The fourth-order valence-electron chi connectivity index (χ4n) is 1.05. The molecule has 9 heteroatoms. The normalized spacial score (nSPS) is 15.0. The highest BCUT2D eigenvalue weighted by atomic mass is 35.5. The predicted molar refractivity (Wildman–Crippen MR) is 69.4 cm³/mol.